The van der Waals surface area contributed by atoms with Crippen LogP contribution in [-0.2, 0) is 4.79 Å². The highest BCUT2D eigenvalue weighted by molar-refractivity contribution is 5.91. The fourth-order valence-corrected chi connectivity index (χ4v) is 1.17. The molecule has 1 amide bonds. The molecule has 1 aromatic heterocycles. The van der Waals surface area contributed by atoms with Crippen LogP contribution in [0.1, 0.15) is 18.2 Å². The van der Waals surface area contributed by atoms with Crippen molar-refractivity contribution in [3.05, 3.63) is 11.3 Å². The van der Waals surface area contributed by atoms with Gasteiger partial charge in [0.1, 0.15) is 0 Å². The molecule has 0 aliphatic rings. The van der Waals surface area contributed by atoms with E-state index in [2.05, 4.69) is 15.8 Å². The Balaban J connectivity index is 2.62. The summed E-state index contributed by atoms with van der Waals surface area (Å²) in [6.07, 6.45) is 0. The van der Waals surface area contributed by atoms with Gasteiger partial charge in [0, 0.05) is 18.0 Å². The highest BCUT2D eigenvalue weighted by atomic mass is 16.5. The average Bonchev–Trinajstić information content (AvgIpc) is 2.50. The molecule has 0 aromatic carbocycles. The molecule has 1 atom stereocenters. The molecule has 0 aliphatic carbocycles. The van der Waals surface area contributed by atoms with Gasteiger partial charge in [0.05, 0.1) is 5.69 Å². The van der Waals surface area contributed by atoms with Gasteiger partial charge in [-0.3, -0.25) is 10.1 Å². The third-order valence-electron chi connectivity index (χ3n) is 2.35. The first-order valence-electron chi connectivity index (χ1n) is 4.94. The predicted molar refractivity (Wildman–Crippen MR) is 57.7 cm³/mol. The first-order valence-corrected chi connectivity index (χ1v) is 4.94. The van der Waals surface area contributed by atoms with Gasteiger partial charge >= 0.3 is 0 Å². The molecule has 0 aliphatic heterocycles. The third-order valence-corrected chi connectivity index (χ3v) is 2.35. The highest BCUT2D eigenvalue weighted by Gasteiger charge is 2.16. The van der Waals surface area contributed by atoms with Crippen molar-refractivity contribution >= 4 is 11.8 Å². The summed E-state index contributed by atoms with van der Waals surface area (Å²) in [6.45, 7) is 6.19. The monoisotopic (exact) mass is 211 g/mol. The zero-order valence-corrected chi connectivity index (χ0v) is 9.55. The maximum absolute atomic E-state index is 11.6. The number of rotatable bonds is 4. The van der Waals surface area contributed by atoms with Crippen LogP contribution in [0.2, 0.25) is 0 Å². The molecule has 0 bridgehead atoms. The fourth-order valence-electron chi connectivity index (χ4n) is 1.17. The summed E-state index contributed by atoms with van der Waals surface area (Å²) < 4.78 is 4.99. The molecule has 1 rings (SSSR count). The molecular formula is C10H17N3O2. The predicted octanol–water partition coefficient (Wildman–Crippen LogP) is 1.09. The van der Waals surface area contributed by atoms with E-state index in [0.717, 1.165) is 11.3 Å². The lowest BCUT2D eigenvalue weighted by molar-refractivity contribution is -0.119. The molecule has 0 saturated carbocycles. The van der Waals surface area contributed by atoms with Gasteiger partial charge in [0.2, 0.25) is 11.8 Å². The second kappa shape index (κ2) is 4.93. The molecule has 1 heterocycles. The molecule has 2 N–H and O–H groups in total. The molecular weight excluding hydrogens is 194 g/mol. The van der Waals surface area contributed by atoms with E-state index in [0.29, 0.717) is 12.4 Å². The maximum Gasteiger partial charge on any atom is 0.234 e. The highest BCUT2D eigenvalue weighted by Crippen LogP contribution is 2.17. The number of hydrogen-bond donors (Lipinski definition) is 2. The zero-order valence-electron chi connectivity index (χ0n) is 9.55. The molecule has 0 radical (unpaired) electrons. The topological polar surface area (TPSA) is 67.2 Å². The Hall–Kier alpha value is -1.36. The van der Waals surface area contributed by atoms with E-state index >= 15 is 0 Å². The lowest BCUT2D eigenvalue weighted by Gasteiger charge is -2.09. The van der Waals surface area contributed by atoms with Crippen molar-refractivity contribution in [2.24, 2.45) is 5.92 Å². The Kier molecular flexibility index (Phi) is 3.85. The SMILES string of the molecule is CNCC(C)C(=O)Nc1onc(C)c1C. The van der Waals surface area contributed by atoms with Gasteiger partial charge in [0.25, 0.3) is 0 Å². The minimum absolute atomic E-state index is 0.0661. The molecule has 5 heteroatoms. The second-order valence-corrected chi connectivity index (χ2v) is 3.67. The lowest BCUT2D eigenvalue weighted by atomic mass is 10.1. The number of amides is 1. The smallest absolute Gasteiger partial charge is 0.234 e. The van der Waals surface area contributed by atoms with E-state index < -0.39 is 0 Å². The normalized spacial score (nSPS) is 12.5. The third kappa shape index (κ3) is 2.79. The van der Waals surface area contributed by atoms with Crippen LogP contribution in [-0.4, -0.2) is 24.7 Å². The number of nitrogens with zero attached hydrogens (tertiary/aromatic N) is 1. The fraction of sp³-hybridized carbons (Fsp3) is 0.600. The number of nitrogens with one attached hydrogen (secondary N) is 2. The molecule has 0 fully saturated rings. The van der Waals surface area contributed by atoms with Crippen molar-refractivity contribution in [3.8, 4) is 0 Å². The minimum atomic E-state index is -0.0974. The van der Waals surface area contributed by atoms with Crippen molar-refractivity contribution < 1.29 is 9.32 Å². The number of carbonyl (C=O) groups is 1. The number of aryl methyl sites for hydroxylation is 1. The van der Waals surface area contributed by atoms with E-state index in [-0.39, 0.29) is 11.8 Å². The molecule has 0 spiro atoms. The molecule has 1 unspecified atom stereocenters. The molecule has 15 heavy (non-hydrogen) atoms. The van der Waals surface area contributed by atoms with Crippen molar-refractivity contribution in [3.63, 3.8) is 0 Å². The van der Waals surface area contributed by atoms with Gasteiger partial charge in [-0.25, -0.2) is 0 Å². The van der Waals surface area contributed by atoms with E-state index in [9.17, 15) is 4.79 Å². The van der Waals surface area contributed by atoms with Gasteiger partial charge < -0.3 is 9.84 Å². The molecule has 5 nitrogen and oxygen atoms in total. The Labute approximate surface area is 89.2 Å². The van der Waals surface area contributed by atoms with Crippen LogP contribution in [0.3, 0.4) is 0 Å². The standard InChI is InChI=1S/C10H17N3O2/c1-6(5-11-4)9(14)12-10-7(2)8(3)13-15-10/h6,11H,5H2,1-4H3,(H,12,14). The summed E-state index contributed by atoms with van der Waals surface area (Å²) in [5, 5.41) is 9.42. The Morgan fingerprint density at radius 1 is 1.53 bits per heavy atom. The number of carbonyl (C=O) groups excluding carboxylic acids is 1. The Morgan fingerprint density at radius 3 is 2.67 bits per heavy atom. The largest absolute Gasteiger partial charge is 0.338 e. The van der Waals surface area contributed by atoms with Crippen LogP contribution >= 0.6 is 0 Å². The van der Waals surface area contributed by atoms with Gasteiger partial charge in [-0.05, 0) is 20.9 Å². The van der Waals surface area contributed by atoms with Gasteiger partial charge in [-0.15, -0.1) is 0 Å². The Bertz CT molecular complexity index is 346. The lowest BCUT2D eigenvalue weighted by Crippen LogP contribution is -2.28. The number of hydrogen-bond acceptors (Lipinski definition) is 4. The molecule has 84 valence electrons. The summed E-state index contributed by atoms with van der Waals surface area (Å²) in [5.74, 6) is 0.281. The minimum Gasteiger partial charge on any atom is -0.338 e. The van der Waals surface area contributed by atoms with Crippen LogP contribution in [0.4, 0.5) is 5.88 Å². The maximum atomic E-state index is 11.6. The number of anilines is 1. The average molecular weight is 211 g/mol. The van der Waals surface area contributed by atoms with E-state index in [4.69, 9.17) is 4.52 Å². The van der Waals surface area contributed by atoms with Crippen LogP contribution < -0.4 is 10.6 Å². The van der Waals surface area contributed by atoms with Gasteiger partial charge in [0.15, 0.2) is 0 Å². The van der Waals surface area contributed by atoms with Gasteiger partial charge in [-0.1, -0.05) is 12.1 Å². The van der Waals surface area contributed by atoms with E-state index in [1.807, 2.05) is 27.8 Å². The Morgan fingerprint density at radius 2 is 2.20 bits per heavy atom. The summed E-state index contributed by atoms with van der Waals surface area (Å²) in [5.41, 5.74) is 1.67. The molecule has 0 saturated heterocycles. The first-order chi connectivity index (χ1) is 7.06. The van der Waals surface area contributed by atoms with Crippen LogP contribution in [0, 0.1) is 19.8 Å². The van der Waals surface area contributed by atoms with Crippen molar-refractivity contribution in [2.45, 2.75) is 20.8 Å². The summed E-state index contributed by atoms with van der Waals surface area (Å²) in [6, 6.07) is 0. The van der Waals surface area contributed by atoms with E-state index in [1.165, 1.54) is 0 Å². The van der Waals surface area contributed by atoms with Gasteiger partial charge in [-0.2, -0.15) is 0 Å². The van der Waals surface area contributed by atoms with Crippen LogP contribution in [0.15, 0.2) is 4.52 Å². The summed E-state index contributed by atoms with van der Waals surface area (Å²) in [4.78, 5) is 11.6. The summed E-state index contributed by atoms with van der Waals surface area (Å²) in [7, 11) is 1.81. The quantitative estimate of drug-likeness (QED) is 0.782. The first kappa shape index (κ1) is 11.7. The van der Waals surface area contributed by atoms with Crippen molar-refractivity contribution in [2.75, 3.05) is 18.9 Å². The molecule has 1 aromatic rings. The van der Waals surface area contributed by atoms with Crippen molar-refractivity contribution in [1.29, 1.82) is 0 Å². The van der Waals surface area contributed by atoms with Crippen LogP contribution in [0.5, 0.6) is 0 Å². The second-order valence-electron chi connectivity index (χ2n) is 3.67. The van der Waals surface area contributed by atoms with E-state index in [1.54, 1.807) is 0 Å². The van der Waals surface area contributed by atoms with Crippen LogP contribution in [0.25, 0.3) is 0 Å². The zero-order chi connectivity index (χ0) is 11.4. The summed E-state index contributed by atoms with van der Waals surface area (Å²) >= 11 is 0. The number of aromatic nitrogens is 1. The van der Waals surface area contributed by atoms with Crippen molar-refractivity contribution in [1.82, 2.24) is 10.5 Å².